The molecule has 0 unspecified atom stereocenters. The highest BCUT2D eigenvalue weighted by molar-refractivity contribution is 6.06. The van der Waals surface area contributed by atoms with Crippen molar-refractivity contribution in [1.29, 1.82) is 0 Å². The minimum atomic E-state index is -0.624. The molecule has 10 heteroatoms. The molecule has 3 aromatic heterocycles. The van der Waals surface area contributed by atoms with E-state index in [4.69, 9.17) is 14.2 Å². The molecule has 1 N–H and O–H groups in total. The molecule has 41 heavy (non-hydrogen) atoms. The van der Waals surface area contributed by atoms with E-state index in [0.29, 0.717) is 65.6 Å². The number of ether oxygens (including phenoxy) is 3. The Bertz CT molecular complexity index is 1700. The maximum Gasteiger partial charge on any atom is 0.263 e. The van der Waals surface area contributed by atoms with Gasteiger partial charge in [0.2, 0.25) is 0 Å². The lowest BCUT2D eigenvalue weighted by atomic mass is 9.91. The van der Waals surface area contributed by atoms with Crippen LogP contribution in [0.2, 0.25) is 0 Å². The van der Waals surface area contributed by atoms with Gasteiger partial charge in [-0.15, -0.1) is 0 Å². The molecule has 4 aromatic rings. The molecule has 3 heterocycles. The minimum Gasteiger partial charge on any atom is -0.493 e. The first-order chi connectivity index (χ1) is 19.6. The summed E-state index contributed by atoms with van der Waals surface area (Å²) in [4.78, 5) is 48.1. The number of Topliss-reactive ketones (excluding diaryl/α,β-unsaturated/α-hetero) is 1. The van der Waals surface area contributed by atoms with Crippen LogP contribution < -0.4 is 25.1 Å². The summed E-state index contributed by atoms with van der Waals surface area (Å²) in [6.07, 6.45) is 4.82. The van der Waals surface area contributed by atoms with Crippen molar-refractivity contribution < 1.29 is 23.8 Å². The first-order valence-electron chi connectivity index (χ1n) is 13.3. The molecular formula is C31H32N4O6. The lowest BCUT2D eigenvalue weighted by molar-refractivity contribution is 0.0969. The van der Waals surface area contributed by atoms with Crippen LogP contribution in [-0.4, -0.2) is 40.4 Å². The predicted octanol–water partition coefficient (Wildman–Crippen LogP) is 5.42. The fourth-order valence-corrected chi connectivity index (χ4v) is 4.93. The van der Waals surface area contributed by atoms with Crippen LogP contribution in [0.5, 0.6) is 23.0 Å². The zero-order valence-electron chi connectivity index (χ0n) is 23.7. The summed E-state index contributed by atoms with van der Waals surface area (Å²) in [5.74, 6) is 1.62. The highest BCUT2D eigenvalue weighted by Crippen LogP contribution is 2.37. The smallest absolute Gasteiger partial charge is 0.263 e. The van der Waals surface area contributed by atoms with E-state index in [1.807, 2.05) is 20.8 Å². The van der Waals surface area contributed by atoms with E-state index in [-0.39, 0.29) is 22.6 Å². The Labute approximate surface area is 237 Å². The van der Waals surface area contributed by atoms with Crippen LogP contribution >= 0.6 is 0 Å². The molecule has 0 spiro atoms. The van der Waals surface area contributed by atoms with Gasteiger partial charge in [-0.05, 0) is 48.6 Å². The van der Waals surface area contributed by atoms with Crippen LogP contribution in [0.15, 0.2) is 53.6 Å². The summed E-state index contributed by atoms with van der Waals surface area (Å²) >= 11 is 0. The van der Waals surface area contributed by atoms with Gasteiger partial charge in [-0.25, -0.2) is 4.98 Å². The number of benzene rings is 1. The van der Waals surface area contributed by atoms with E-state index in [9.17, 15) is 14.4 Å². The summed E-state index contributed by atoms with van der Waals surface area (Å²) in [6, 6.07) is 9.95. The quantitative estimate of drug-likeness (QED) is 0.320. The molecule has 0 saturated carbocycles. The normalized spacial score (nSPS) is 13.0. The average molecular weight is 557 g/mol. The lowest BCUT2D eigenvalue weighted by Crippen LogP contribution is -2.37. The Morgan fingerprint density at radius 2 is 1.73 bits per heavy atom. The van der Waals surface area contributed by atoms with Crippen LogP contribution in [0, 0.1) is 5.41 Å². The van der Waals surface area contributed by atoms with Crippen molar-refractivity contribution in [1.82, 2.24) is 14.5 Å². The number of ketones is 1. The number of fused-ring (bicyclic) bond motifs is 2. The summed E-state index contributed by atoms with van der Waals surface area (Å²) in [7, 11) is 3.11. The molecule has 1 aliphatic carbocycles. The zero-order valence-corrected chi connectivity index (χ0v) is 23.7. The van der Waals surface area contributed by atoms with Crippen molar-refractivity contribution >= 4 is 28.4 Å². The number of amides is 1. The van der Waals surface area contributed by atoms with Crippen LogP contribution in [0.1, 0.15) is 60.0 Å². The summed E-state index contributed by atoms with van der Waals surface area (Å²) in [6.45, 7) is 6.44. The fraction of sp³-hybridized carbons (Fsp3) is 0.323. The van der Waals surface area contributed by atoms with Crippen LogP contribution in [0.3, 0.4) is 0 Å². The predicted molar refractivity (Wildman–Crippen MR) is 155 cm³/mol. The highest BCUT2D eigenvalue weighted by atomic mass is 16.5. The van der Waals surface area contributed by atoms with Gasteiger partial charge in [0.05, 0.1) is 25.9 Å². The van der Waals surface area contributed by atoms with Crippen LogP contribution in [0.4, 0.5) is 5.82 Å². The van der Waals surface area contributed by atoms with E-state index < -0.39 is 11.5 Å². The van der Waals surface area contributed by atoms with Crippen LogP contribution in [0.25, 0.3) is 10.9 Å². The monoisotopic (exact) mass is 556 g/mol. The second-order valence-corrected chi connectivity index (χ2v) is 11.1. The van der Waals surface area contributed by atoms with E-state index in [1.54, 1.807) is 55.3 Å². The van der Waals surface area contributed by atoms with Gasteiger partial charge in [-0.2, -0.15) is 0 Å². The number of hydrogen-bond donors (Lipinski definition) is 1. The molecule has 0 aliphatic heterocycles. The largest absolute Gasteiger partial charge is 0.493 e. The number of hydrogen-bond acceptors (Lipinski definition) is 8. The number of carbonyl (C=O) groups is 2. The van der Waals surface area contributed by atoms with Crippen molar-refractivity contribution in [3.63, 3.8) is 0 Å². The number of pyridine rings is 3. The van der Waals surface area contributed by atoms with Crippen molar-refractivity contribution in [2.75, 3.05) is 19.5 Å². The molecular weight excluding hydrogens is 524 g/mol. The van der Waals surface area contributed by atoms with E-state index in [2.05, 4.69) is 15.3 Å². The third-order valence-corrected chi connectivity index (χ3v) is 6.81. The SMILES string of the molecule is COc1cc2nccc(Oc3ccc(NC(=O)c4cc5c(n(CC(C)(C)C)c4=O)CCCC5=O)nc3)c2cc1OC. The van der Waals surface area contributed by atoms with Crippen molar-refractivity contribution in [2.45, 2.75) is 46.6 Å². The zero-order chi connectivity index (χ0) is 29.3. The molecule has 0 saturated heterocycles. The average Bonchev–Trinajstić information content (AvgIpc) is 2.94. The summed E-state index contributed by atoms with van der Waals surface area (Å²) in [5.41, 5.74) is 1.10. The Morgan fingerprint density at radius 3 is 2.41 bits per heavy atom. The van der Waals surface area contributed by atoms with Gasteiger partial charge in [0, 0.05) is 41.9 Å². The number of rotatable bonds is 7. The van der Waals surface area contributed by atoms with Gasteiger partial charge in [-0.1, -0.05) is 20.8 Å². The third kappa shape index (κ3) is 5.77. The van der Waals surface area contributed by atoms with E-state index >= 15 is 0 Å². The van der Waals surface area contributed by atoms with Crippen molar-refractivity contribution in [3.05, 3.63) is 76.0 Å². The summed E-state index contributed by atoms with van der Waals surface area (Å²) in [5, 5.41) is 3.41. The molecule has 10 nitrogen and oxygen atoms in total. The third-order valence-electron chi connectivity index (χ3n) is 6.81. The van der Waals surface area contributed by atoms with Gasteiger partial charge in [-0.3, -0.25) is 19.4 Å². The molecule has 0 atom stereocenters. The first kappa shape index (κ1) is 27.8. The van der Waals surface area contributed by atoms with Gasteiger partial charge < -0.3 is 24.1 Å². The van der Waals surface area contributed by atoms with Gasteiger partial charge in [0.1, 0.15) is 22.9 Å². The number of aromatic nitrogens is 3. The molecule has 1 amide bonds. The molecule has 0 fully saturated rings. The van der Waals surface area contributed by atoms with E-state index in [1.165, 1.54) is 12.3 Å². The number of methoxy groups -OCH3 is 2. The second-order valence-electron chi connectivity index (χ2n) is 11.1. The van der Waals surface area contributed by atoms with Gasteiger partial charge in [0.15, 0.2) is 17.3 Å². The Hall–Kier alpha value is -4.73. The van der Waals surface area contributed by atoms with Crippen LogP contribution in [-0.2, 0) is 13.0 Å². The second kappa shape index (κ2) is 11.0. The molecule has 212 valence electrons. The molecule has 0 bridgehead atoms. The standard InChI is InChI=1S/C31H32N4O6/c1-31(2,3)17-35-23-7-6-8-24(36)20(23)13-21(30(35)38)29(37)34-28-10-9-18(16-33-28)41-25-11-12-32-22-15-27(40-5)26(39-4)14-19(22)25/h9-16H,6-8,17H2,1-5H3,(H,33,34,37). The molecule has 1 aromatic carbocycles. The lowest BCUT2D eigenvalue weighted by Gasteiger charge is -2.26. The number of anilines is 1. The topological polar surface area (TPSA) is 122 Å². The van der Waals surface area contributed by atoms with Crippen molar-refractivity contribution in [2.24, 2.45) is 5.41 Å². The Balaban J connectivity index is 1.39. The highest BCUT2D eigenvalue weighted by Gasteiger charge is 2.27. The minimum absolute atomic E-state index is 0.0534. The van der Waals surface area contributed by atoms with E-state index in [0.717, 1.165) is 5.39 Å². The van der Waals surface area contributed by atoms with Gasteiger partial charge in [0.25, 0.3) is 11.5 Å². The Morgan fingerprint density at radius 1 is 0.976 bits per heavy atom. The summed E-state index contributed by atoms with van der Waals surface area (Å²) < 4.78 is 18.4. The maximum absolute atomic E-state index is 13.4. The first-order valence-corrected chi connectivity index (χ1v) is 13.3. The fourth-order valence-electron chi connectivity index (χ4n) is 4.93. The molecule has 5 rings (SSSR count). The van der Waals surface area contributed by atoms with Crippen molar-refractivity contribution in [3.8, 4) is 23.0 Å². The van der Waals surface area contributed by atoms with Gasteiger partial charge >= 0.3 is 0 Å². The molecule has 1 aliphatic rings. The number of nitrogens with zero attached hydrogens (tertiary/aromatic N) is 3. The molecule has 0 radical (unpaired) electrons. The maximum atomic E-state index is 13.4. The Kier molecular flexibility index (Phi) is 7.49. The number of carbonyl (C=O) groups excluding carboxylic acids is 2. The number of nitrogens with one attached hydrogen (secondary N) is 1.